The van der Waals surface area contributed by atoms with Gasteiger partial charge in [0.1, 0.15) is 12.4 Å². The number of rotatable bonds is 7. The maximum atomic E-state index is 11.8. The van der Waals surface area contributed by atoms with E-state index in [2.05, 4.69) is 22.2 Å². The summed E-state index contributed by atoms with van der Waals surface area (Å²) < 4.78 is 11.0. The molecule has 0 unspecified atom stereocenters. The number of carbonyl (C=O) groups excluding carboxylic acids is 1. The fourth-order valence-corrected chi connectivity index (χ4v) is 3.38. The van der Waals surface area contributed by atoms with Crippen LogP contribution in [0.3, 0.4) is 0 Å². The van der Waals surface area contributed by atoms with Crippen molar-refractivity contribution in [2.45, 2.75) is 58.0 Å². The summed E-state index contributed by atoms with van der Waals surface area (Å²) in [6.07, 6.45) is 7.46. The molecule has 0 radical (unpaired) electrons. The highest BCUT2D eigenvalue weighted by Crippen LogP contribution is 2.22. The quantitative estimate of drug-likeness (QED) is 0.819. The highest BCUT2D eigenvalue weighted by Gasteiger charge is 2.17. The molecule has 6 nitrogen and oxygen atoms in total. The lowest BCUT2D eigenvalue weighted by Gasteiger charge is -2.22. The van der Waals surface area contributed by atoms with Gasteiger partial charge in [-0.05, 0) is 51.0 Å². The van der Waals surface area contributed by atoms with Crippen molar-refractivity contribution in [3.8, 4) is 0 Å². The first kappa shape index (κ1) is 17.3. The van der Waals surface area contributed by atoms with Crippen molar-refractivity contribution in [2.24, 2.45) is 0 Å². The van der Waals surface area contributed by atoms with E-state index in [0.717, 1.165) is 43.8 Å². The topological polar surface area (TPSA) is 73.3 Å². The zero-order chi connectivity index (χ0) is 16.8. The molecule has 1 fully saturated rings. The molecule has 1 aromatic rings. The number of fused-ring (bicyclic) bond motifs is 1. The third-order valence-corrected chi connectivity index (χ3v) is 4.67. The molecule has 0 bridgehead atoms. The fourth-order valence-electron chi connectivity index (χ4n) is 3.38. The van der Waals surface area contributed by atoms with Crippen molar-refractivity contribution in [3.63, 3.8) is 0 Å². The number of aromatic nitrogens is 2. The standard InChI is InChI=1S/C18H27N3O3/c1-13-15-6-4-7-16(15)21-17(20-13)8-9-19-18(22)12-23-11-14-5-2-3-10-24-14/h14H,2-12H2,1H3,(H,19,22)/t14-/m0/s1. The normalized spacial score (nSPS) is 20.0. The second-order valence-electron chi connectivity index (χ2n) is 6.61. The van der Waals surface area contributed by atoms with Gasteiger partial charge in [0.2, 0.25) is 5.91 Å². The molecule has 1 amide bonds. The van der Waals surface area contributed by atoms with Crippen molar-refractivity contribution >= 4 is 5.91 Å². The van der Waals surface area contributed by atoms with E-state index in [1.54, 1.807) is 0 Å². The monoisotopic (exact) mass is 333 g/mol. The smallest absolute Gasteiger partial charge is 0.246 e. The molecule has 0 aromatic carbocycles. The molecule has 0 spiro atoms. The van der Waals surface area contributed by atoms with Crippen molar-refractivity contribution < 1.29 is 14.3 Å². The average molecular weight is 333 g/mol. The molecule has 132 valence electrons. The first-order valence-corrected chi connectivity index (χ1v) is 9.03. The van der Waals surface area contributed by atoms with E-state index in [9.17, 15) is 4.79 Å². The third kappa shape index (κ3) is 4.74. The molecule has 0 saturated carbocycles. The second kappa shape index (κ2) is 8.53. The minimum Gasteiger partial charge on any atom is -0.376 e. The van der Waals surface area contributed by atoms with Crippen LogP contribution in [0.2, 0.25) is 0 Å². The van der Waals surface area contributed by atoms with Crippen molar-refractivity contribution in [2.75, 3.05) is 26.4 Å². The maximum absolute atomic E-state index is 11.8. The van der Waals surface area contributed by atoms with E-state index < -0.39 is 0 Å². The van der Waals surface area contributed by atoms with Crippen LogP contribution in [0.15, 0.2) is 0 Å². The van der Waals surface area contributed by atoms with Gasteiger partial charge in [-0.2, -0.15) is 0 Å². The molecule has 24 heavy (non-hydrogen) atoms. The number of hydrogen-bond acceptors (Lipinski definition) is 5. The Morgan fingerprint density at radius 1 is 1.29 bits per heavy atom. The van der Waals surface area contributed by atoms with Gasteiger partial charge in [-0.1, -0.05) is 0 Å². The Morgan fingerprint density at radius 3 is 3.04 bits per heavy atom. The number of ether oxygens (including phenoxy) is 2. The van der Waals surface area contributed by atoms with E-state index in [-0.39, 0.29) is 18.6 Å². The van der Waals surface area contributed by atoms with E-state index in [4.69, 9.17) is 9.47 Å². The summed E-state index contributed by atoms with van der Waals surface area (Å²) in [5, 5.41) is 2.87. The van der Waals surface area contributed by atoms with E-state index in [1.807, 2.05) is 0 Å². The van der Waals surface area contributed by atoms with Crippen LogP contribution >= 0.6 is 0 Å². The number of hydrogen-bond donors (Lipinski definition) is 1. The SMILES string of the molecule is Cc1nc(CCNC(=O)COC[C@@H]2CCCCO2)nc2c1CCC2. The van der Waals surface area contributed by atoms with Crippen molar-refractivity contribution in [1.29, 1.82) is 0 Å². The summed E-state index contributed by atoms with van der Waals surface area (Å²) in [6.45, 7) is 3.99. The van der Waals surface area contributed by atoms with E-state index in [0.29, 0.717) is 19.6 Å². The molecule has 2 heterocycles. The Bertz CT molecular complexity index is 571. The Kier molecular flexibility index (Phi) is 6.15. The highest BCUT2D eigenvalue weighted by molar-refractivity contribution is 5.77. The van der Waals surface area contributed by atoms with Gasteiger partial charge in [0.15, 0.2) is 0 Å². The van der Waals surface area contributed by atoms with Gasteiger partial charge < -0.3 is 14.8 Å². The third-order valence-electron chi connectivity index (χ3n) is 4.67. The lowest BCUT2D eigenvalue weighted by molar-refractivity contribution is -0.127. The van der Waals surface area contributed by atoms with Gasteiger partial charge in [0.25, 0.3) is 0 Å². The zero-order valence-corrected chi connectivity index (χ0v) is 14.5. The van der Waals surface area contributed by atoms with Crippen LogP contribution in [0.4, 0.5) is 0 Å². The Hall–Kier alpha value is -1.53. The highest BCUT2D eigenvalue weighted by atomic mass is 16.5. The number of carbonyl (C=O) groups is 1. The predicted octanol–water partition coefficient (Wildman–Crippen LogP) is 1.52. The summed E-state index contributed by atoms with van der Waals surface area (Å²) >= 11 is 0. The summed E-state index contributed by atoms with van der Waals surface area (Å²) in [5.74, 6) is 0.730. The Balaban J connectivity index is 1.34. The Labute approximate surface area is 143 Å². The van der Waals surface area contributed by atoms with Crippen LogP contribution in [0.25, 0.3) is 0 Å². The largest absolute Gasteiger partial charge is 0.376 e. The summed E-state index contributed by atoms with van der Waals surface area (Å²) in [7, 11) is 0. The van der Waals surface area contributed by atoms with Crippen LogP contribution in [-0.4, -0.2) is 48.3 Å². The maximum Gasteiger partial charge on any atom is 0.246 e. The average Bonchev–Trinajstić information content (AvgIpc) is 3.05. The molecule has 1 N–H and O–H groups in total. The number of nitrogens with zero attached hydrogens (tertiary/aromatic N) is 2. The van der Waals surface area contributed by atoms with Gasteiger partial charge in [-0.25, -0.2) is 9.97 Å². The lowest BCUT2D eigenvalue weighted by atomic mass is 10.1. The fraction of sp³-hybridized carbons (Fsp3) is 0.722. The molecule has 6 heteroatoms. The predicted molar refractivity (Wildman–Crippen MR) is 89.9 cm³/mol. The summed E-state index contributed by atoms with van der Waals surface area (Å²) in [4.78, 5) is 21.0. The first-order valence-electron chi connectivity index (χ1n) is 9.03. The van der Waals surface area contributed by atoms with Crippen molar-refractivity contribution in [1.82, 2.24) is 15.3 Å². The van der Waals surface area contributed by atoms with E-state index >= 15 is 0 Å². The molecular formula is C18H27N3O3. The zero-order valence-electron chi connectivity index (χ0n) is 14.5. The lowest BCUT2D eigenvalue weighted by Crippen LogP contribution is -2.32. The van der Waals surface area contributed by atoms with Gasteiger partial charge >= 0.3 is 0 Å². The molecule has 1 atom stereocenters. The molecule has 1 aliphatic heterocycles. The first-order chi connectivity index (χ1) is 11.7. The van der Waals surface area contributed by atoms with Crippen LogP contribution in [0.5, 0.6) is 0 Å². The van der Waals surface area contributed by atoms with Gasteiger partial charge in [-0.3, -0.25) is 4.79 Å². The molecule has 1 aromatic heterocycles. The van der Waals surface area contributed by atoms with Gasteiger partial charge in [0, 0.05) is 31.0 Å². The number of aryl methyl sites for hydroxylation is 2. The molecule has 1 saturated heterocycles. The number of amides is 1. The minimum atomic E-state index is -0.0938. The van der Waals surface area contributed by atoms with E-state index in [1.165, 1.54) is 24.1 Å². The second-order valence-corrected chi connectivity index (χ2v) is 6.61. The van der Waals surface area contributed by atoms with Crippen LogP contribution in [0.1, 0.15) is 48.5 Å². The summed E-state index contributed by atoms with van der Waals surface area (Å²) in [5.41, 5.74) is 3.61. The molecular weight excluding hydrogens is 306 g/mol. The number of nitrogens with one attached hydrogen (secondary N) is 1. The van der Waals surface area contributed by atoms with Gasteiger partial charge in [0.05, 0.1) is 12.7 Å². The van der Waals surface area contributed by atoms with Gasteiger partial charge in [-0.15, -0.1) is 0 Å². The van der Waals surface area contributed by atoms with Crippen LogP contribution < -0.4 is 5.32 Å². The molecule has 1 aliphatic carbocycles. The summed E-state index contributed by atoms with van der Waals surface area (Å²) in [6, 6.07) is 0. The molecule has 3 rings (SSSR count). The Morgan fingerprint density at radius 2 is 2.21 bits per heavy atom. The molecule has 2 aliphatic rings. The minimum absolute atomic E-state index is 0.0872. The van der Waals surface area contributed by atoms with Crippen molar-refractivity contribution in [3.05, 3.63) is 22.8 Å². The van der Waals surface area contributed by atoms with Crippen LogP contribution in [0, 0.1) is 6.92 Å². The van der Waals surface area contributed by atoms with Crippen LogP contribution in [-0.2, 0) is 33.5 Å².